The lowest BCUT2D eigenvalue weighted by Crippen LogP contribution is -2.61. The van der Waals surface area contributed by atoms with Gasteiger partial charge in [0, 0.05) is 12.6 Å². The fourth-order valence-electron chi connectivity index (χ4n) is 6.96. The topological polar surface area (TPSA) is 96.4 Å². The molecular weight excluding hydrogens is 436 g/mol. The minimum absolute atomic E-state index is 0.0692. The Bertz CT molecular complexity index is 809. The smallest absolute Gasteiger partial charge is 0.312 e. The van der Waals surface area contributed by atoms with Crippen molar-refractivity contribution >= 4 is 17.8 Å². The molecule has 1 saturated carbocycles. The number of likely N-dealkylation sites (tertiary alicyclic amines) is 1. The SMILES string of the molecule is C=CCN(C(=O)C1N([C@@H](CO)C(C)C)C(=O)[C@@H]2[C@@H](C(=O)OCC)[C@H]3CCC12O3)C1CCCCC1. The number of aliphatic hydroxyl groups excluding tert-OH is 1. The summed E-state index contributed by atoms with van der Waals surface area (Å²) in [5.74, 6) is -2.39. The van der Waals surface area contributed by atoms with E-state index in [1.54, 1.807) is 17.9 Å². The number of fused-ring (bicyclic) bond motifs is 1. The fourth-order valence-corrected chi connectivity index (χ4v) is 6.96. The van der Waals surface area contributed by atoms with E-state index in [9.17, 15) is 19.5 Å². The maximum absolute atomic E-state index is 14.4. The Morgan fingerprint density at radius 3 is 2.59 bits per heavy atom. The van der Waals surface area contributed by atoms with Crippen molar-refractivity contribution < 1.29 is 29.0 Å². The van der Waals surface area contributed by atoms with Crippen LogP contribution in [-0.4, -0.2) is 82.3 Å². The molecule has 0 aromatic carbocycles. The molecule has 1 N–H and O–H groups in total. The monoisotopic (exact) mass is 476 g/mol. The number of carbonyl (C=O) groups is 3. The number of esters is 1. The first-order valence-corrected chi connectivity index (χ1v) is 13.0. The largest absolute Gasteiger partial charge is 0.466 e. The maximum atomic E-state index is 14.4. The molecule has 2 amide bonds. The normalized spacial score (nSPS) is 33.8. The van der Waals surface area contributed by atoms with Gasteiger partial charge in [-0.05, 0) is 38.5 Å². The lowest BCUT2D eigenvalue weighted by Gasteiger charge is -2.43. The number of nitrogens with zero attached hydrogens (tertiary/aromatic N) is 2. The zero-order chi connectivity index (χ0) is 24.6. The summed E-state index contributed by atoms with van der Waals surface area (Å²) in [6.45, 7) is 9.87. The number of hydrogen-bond acceptors (Lipinski definition) is 6. The number of carbonyl (C=O) groups excluding carboxylic acids is 3. The highest BCUT2D eigenvalue weighted by Gasteiger charge is 2.75. The minimum atomic E-state index is -1.06. The van der Waals surface area contributed by atoms with Gasteiger partial charge in [0.2, 0.25) is 11.8 Å². The van der Waals surface area contributed by atoms with Gasteiger partial charge in [0.05, 0.1) is 37.2 Å². The van der Waals surface area contributed by atoms with Crippen LogP contribution in [0.1, 0.15) is 65.7 Å². The van der Waals surface area contributed by atoms with Gasteiger partial charge < -0.3 is 24.4 Å². The highest BCUT2D eigenvalue weighted by Crippen LogP contribution is 2.59. The van der Waals surface area contributed by atoms with Crippen LogP contribution in [0.5, 0.6) is 0 Å². The highest BCUT2D eigenvalue weighted by molar-refractivity contribution is 5.98. The van der Waals surface area contributed by atoms with Crippen molar-refractivity contribution in [1.29, 1.82) is 0 Å². The minimum Gasteiger partial charge on any atom is -0.466 e. The van der Waals surface area contributed by atoms with Gasteiger partial charge in [0.25, 0.3) is 0 Å². The fraction of sp³-hybridized carbons (Fsp3) is 0.808. The lowest BCUT2D eigenvalue weighted by atomic mass is 9.70. The molecular formula is C26H40N2O6. The van der Waals surface area contributed by atoms with E-state index < -0.39 is 41.6 Å². The van der Waals surface area contributed by atoms with Crippen LogP contribution in [0.4, 0.5) is 0 Å². The van der Waals surface area contributed by atoms with E-state index in [-0.39, 0.29) is 37.0 Å². The van der Waals surface area contributed by atoms with E-state index in [0.717, 1.165) is 25.7 Å². The molecule has 3 saturated heterocycles. The predicted molar refractivity (Wildman–Crippen MR) is 126 cm³/mol. The van der Waals surface area contributed by atoms with Crippen molar-refractivity contribution in [2.45, 2.75) is 95.5 Å². The van der Waals surface area contributed by atoms with Gasteiger partial charge in [-0.2, -0.15) is 0 Å². The Kier molecular flexibility index (Phi) is 7.38. The van der Waals surface area contributed by atoms with Crippen LogP contribution >= 0.6 is 0 Å². The number of ether oxygens (including phenoxy) is 2. The van der Waals surface area contributed by atoms with Crippen LogP contribution in [0.3, 0.4) is 0 Å². The molecule has 3 heterocycles. The molecule has 2 bridgehead atoms. The summed E-state index contributed by atoms with van der Waals surface area (Å²) in [5.41, 5.74) is -1.06. The summed E-state index contributed by atoms with van der Waals surface area (Å²) >= 11 is 0. The van der Waals surface area contributed by atoms with Crippen molar-refractivity contribution in [3.63, 3.8) is 0 Å². The molecule has 1 spiro atoms. The summed E-state index contributed by atoms with van der Waals surface area (Å²) in [7, 11) is 0. The molecule has 4 fully saturated rings. The molecule has 34 heavy (non-hydrogen) atoms. The Labute approximate surface area is 202 Å². The zero-order valence-electron chi connectivity index (χ0n) is 20.8. The number of hydrogen-bond donors (Lipinski definition) is 1. The standard InChI is InChI=1S/C26H40N2O6/c1-5-14-27(17-10-8-7-9-11-17)24(31)22-26-13-12-19(34-26)20(25(32)33-6-2)21(26)23(30)28(22)18(15-29)16(3)4/h5,16-22,29H,1,6-15H2,2-4H3/t18-,19+,20-,21-,22?,26?/m0/s1. The van der Waals surface area contributed by atoms with Gasteiger partial charge in [-0.3, -0.25) is 14.4 Å². The van der Waals surface area contributed by atoms with Crippen molar-refractivity contribution in [3.05, 3.63) is 12.7 Å². The third-order valence-corrected chi connectivity index (χ3v) is 8.47. The summed E-state index contributed by atoms with van der Waals surface area (Å²) in [6, 6.07) is -1.31. The van der Waals surface area contributed by atoms with Gasteiger partial charge in [0.1, 0.15) is 11.6 Å². The first-order chi connectivity index (χ1) is 16.3. The van der Waals surface area contributed by atoms with Crippen molar-refractivity contribution in [2.24, 2.45) is 17.8 Å². The van der Waals surface area contributed by atoms with Crippen LogP contribution in [0, 0.1) is 17.8 Å². The number of aliphatic hydroxyl groups is 1. The molecule has 190 valence electrons. The van der Waals surface area contributed by atoms with Gasteiger partial charge in [-0.1, -0.05) is 39.2 Å². The first kappa shape index (κ1) is 25.2. The molecule has 3 aliphatic heterocycles. The average Bonchev–Trinajstić information content (AvgIpc) is 3.46. The van der Waals surface area contributed by atoms with Crippen LogP contribution in [-0.2, 0) is 23.9 Å². The van der Waals surface area contributed by atoms with E-state index in [1.165, 1.54) is 6.42 Å². The molecule has 0 aromatic heterocycles. The molecule has 6 atom stereocenters. The quantitative estimate of drug-likeness (QED) is 0.405. The lowest BCUT2D eigenvalue weighted by molar-refractivity contribution is -0.157. The van der Waals surface area contributed by atoms with Crippen LogP contribution in [0.2, 0.25) is 0 Å². The Morgan fingerprint density at radius 2 is 2.00 bits per heavy atom. The molecule has 8 nitrogen and oxygen atoms in total. The van der Waals surface area contributed by atoms with Gasteiger partial charge in [-0.25, -0.2) is 0 Å². The maximum Gasteiger partial charge on any atom is 0.312 e. The molecule has 8 heteroatoms. The van der Waals surface area contributed by atoms with Crippen LogP contribution in [0.15, 0.2) is 12.7 Å². The van der Waals surface area contributed by atoms with Crippen LogP contribution in [0.25, 0.3) is 0 Å². The zero-order valence-corrected chi connectivity index (χ0v) is 20.8. The number of rotatable bonds is 9. The van der Waals surface area contributed by atoms with Gasteiger partial charge in [0.15, 0.2) is 0 Å². The van der Waals surface area contributed by atoms with E-state index >= 15 is 0 Å². The van der Waals surface area contributed by atoms with Gasteiger partial charge >= 0.3 is 5.97 Å². The van der Waals surface area contributed by atoms with E-state index in [0.29, 0.717) is 19.4 Å². The van der Waals surface area contributed by atoms with E-state index in [1.807, 2.05) is 18.7 Å². The van der Waals surface area contributed by atoms with E-state index in [2.05, 4.69) is 6.58 Å². The summed E-state index contributed by atoms with van der Waals surface area (Å²) in [5, 5.41) is 10.3. The molecule has 4 aliphatic rings. The molecule has 0 radical (unpaired) electrons. The second kappa shape index (κ2) is 9.97. The molecule has 4 rings (SSSR count). The molecule has 1 aliphatic carbocycles. The summed E-state index contributed by atoms with van der Waals surface area (Å²) in [6.07, 6.45) is 7.64. The van der Waals surface area contributed by atoms with Crippen molar-refractivity contribution in [2.75, 3.05) is 19.8 Å². The summed E-state index contributed by atoms with van der Waals surface area (Å²) in [4.78, 5) is 44.7. The van der Waals surface area contributed by atoms with Crippen molar-refractivity contribution in [3.8, 4) is 0 Å². The average molecular weight is 477 g/mol. The van der Waals surface area contributed by atoms with Crippen LogP contribution < -0.4 is 0 Å². The van der Waals surface area contributed by atoms with Gasteiger partial charge in [-0.15, -0.1) is 6.58 Å². The second-order valence-corrected chi connectivity index (χ2v) is 10.6. The number of amides is 2. The molecule has 0 aromatic rings. The first-order valence-electron chi connectivity index (χ1n) is 13.0. The Morgan fingerprint density at radius 1 is 1.29 bits per heavy atom. The predicted octanol–water partition coefficient (Wildman–Crippen LogP) is 2.29. The second-order valence-electron chi connectivity index (χ2n) is 10.6. The summed E-state index contributed by atoms with van der Waals surface area (Å²) < 4.78 is 11.8. The molecule has 2 unspecified atom stereocenters. The Balaban J connectivity index is 1.77. The van der Waals surface area contributed by atoms with Crippen molar-refractivity contribution in [1.82, 2.24) is 9.80 Å². The third-order valence-electron chi connectivity index (χ3n) is 8.47. The Hall–Kier alpha value is -1.93. The van der Waals surface area contributed by atoms with E-state index in [4.69, 9.17) is 9.47 Å². The highest BCUT2D eigenvalue weighted by atomic mass is 16.6. The third kappa shape index (κ3) is 3.87.